The van der Waals surface area contributed by atoms with Gasteiger partial charge in [0.2, 0.25) is 0 Å². The molecule has 7 heteroatoms. The quantitative estimate of drug-likeness (QED) is 0.409. The molecule has 4 aromatic rings. The highest BCUT2D eigenvalue weighted by Crippen LogP contribution is 2.25. The summed E-state index contributed by atoms with van der Waals surface area (Å²) in [4.78, 5) is 15.0. The standard InChI is InChI=1S/C24H22N2O5/c1-28-19-11-9-17(10-12-19)23-14-18(25-31-23)15-26(16-20-6-5-13-30-20)24(27)21-7-3-4-8-22(21)29-2/h3-14H,15-16H2,1-2H3. The molecule has 0 spiro atoms. The summed E-state index contributed by atoms with van der Waals surface area (Å²) in [7, 11) is 3.16. The summed E-state index contributed by atoms with van der Waals surface area (Å²) >= 11 is 0. The molecule has 0 unspecified atom stereocenters. The third-order valence-corrected chi connectivity index (χ3v) is 4.84. The lowest BCUT2D eigenvalue weighted by atomic mass is 10.1. The molecule has 0 aliphatic heterocycles. The molecule has 0 radical (unpaired) electrons. The number of aromatic nitrogens is 1. The summed E-state index contributed by atoms with van der Waals surface area (Å²) in [6.45, 7) is 0.534. The number of furan rings is 1. The summed E-state index contributed by atoms with van der Waals surface area (Å²) in [5.41, 5.74) is 1.96. The molecule has 0 saturated heterocycles. The van der Waals surface area contributed by atoms with Crippen LogP contribution in [0.1, 0.15) is 21.8 Å². The van der Waals surface area contributed by atoms with Crippen molar-refractivity contribution in [3.63, 3.8) is 0 Å². The molecular formula is C24H22N2O5. The third kappa shape index (κ3) is 4.61. The van der Waals surface area contributed by atoms with E-state index in [1.165, 1.54) is 0 Å². The second-order valence-electron chi connectivity index (χ2n) is 6.85. The molecule has 0 aliphatic rings. The number of rotatable bonds is 8. The summed E-state index contributed by atoms with van der Waals surface area (Å²) < 4.78 is 21.5. The Morgan fingerprint density at radius 3 is 2.48 bits per heavy atom. The maximum Gasteiger partial charge on any atom is 0.258 e. The van der Waals surface area contributed by atoms with Crippen LogP contribution in [0.3, 0.4) is 0 Å². The van der Waals surface area contributed by atoms with Crippen molar-refractivity contribution in [2.45, 2.75) is 13.1 Å². The molecular weight excluding hydrogens is 396 g/mol. The van der Waals surface area contributed by atoms with Gasteiger partial charge in [-0.05, 0) is 48.5 Å². The van der Waals surface area contributed by atoms with Crippen molar-refractivity contribution < 1.29 is 23.2 Å². The number of carbonyl (C=O) groups excluding carboxylic acids is 1. The minimum Gasteiger partial charge on any atom is -0.497 e. The van der Waals surface area contributed by atoms with E-state index >= 15 is 0 Å². The molecule has 0 fully saturated rings. The van der Waals surface area contributed by atoms with Crippen LogP contribution < -0.4 is 9.47 Å². The fourth-order valence-corrected chi connectivity index (χ4v) is 3.26. The second-order valence-corrected chi connectivity index (χ2v) is 6.85. The van der Waals surface area contributed by atoms with E-state index in [-0.39, 0.29) is 19.0 Å². The van der Waals surface area contributed by atoms with Crippen LogP contribution in [0.15, 0.2) is 81.9 Å². The first-order valence-corrected chi connectivity index (χ1v) is 9.72. The van der Waals surface area contributed by atoms with Crippen molar-refractivity contribution >= 4 is 5.91 Å². The highest BCUT2D eigenvalue weighted by molar-refractivity contribution is 5.96. The molecule has 0 saturated carbocycles. The average Bonchev–Trinajstić information content (AvgIpc) is 3.50. The maximum absolute atomic E-state index is 13.3. The van der Waals surface area contributed by atoms with Gasteiger partial charge >= 0.3 is 0 Å². The van der Waals surface area contributed by atoms with E-state index in [0.29, 0.717) is 28.5 Å². The number of benzene rings is 2. The number of ether oxygens (including phenoxy) is 2. The maximum atomic E-state index is 13.3. The van der Waals surface area contributed by atoms with Crippen LogP contribution >= 0.6 is 0 Å². The largest absolute Gasteiger partial charge is 0.497 e. The predicted octanol–water partition coefficient (Wildman–Crippen LogP) is 4.79. The lowest BCUT2D eigenvalue weighted by Gasteiger charge is -2.21. The van der Waals surface area contributed by atoms with Crippen molar-refractivity contribution in [2.75, 3.05) is 14.2 Å². The molecule has 2 heterocycles. The molecule has 2 aromatic heterocycles. The topological polar surface area (TPSA) is 77.9 Å². The van der Waals surface area contributed by atoms with Crippen LogP contribution in [-0.4, -0.2) is 30.2 Å². The van der Waals surface area contributed by atoms with Gasteiger partial charge in [-0.25, -0.2) is 0 Å². The van der Waals surface area contributed by atoms with E-state index in [1.807, 2.05) is 42.5 Å². The van der Waals surface area contributed by atoms with Crippen molar-refractivity contribution in [3.05, 3.63) is 90.0 Å². The Kier molecular flexibility index (Phi) is 6.03. The summed E-state index contributed by atoms with van der Waals surface area (Å²) in [6, 6.07) is 20.1. The molecule has 0 aliphatic carbocycles. The van der Waals surface area contributed by atoms with Gasteiger partial charge in [-0.1, -0.05) is 17.3 Å². The Morgan fingerprint density at radius 1 is 0.968 bits per heavy atom. The van der Waals surface area contributed by atoms with Crippen molar-refractivity contribution in [2.24, 2.45) is 0 Å². The Morgan fingerprint density at radius 2 is 1.77 bits per heavy atom. The van der Waals surface area contributed by atoms with Gasteiger partial charge in [0.05, 0.1) is 39.1 Å². The molecule has 2 aromatic carbocycles. The number of amides is 1. The monoisotopic (exact) mass is 418 g/mol. The summed E-state index contributed by atoms with van der Waals surface area (Å²) in [5.74, 6) is 2.36. The van der Waals surface area contributed by atoms with Gasteiger partial charge in [-0.3, -0.25) is 4.79 Å². The molecule has 0 N–H and O–H groups in total. The van der Waals surface area contributed by atoms with Crippen LogP contribution in [-0.2, 0) is 13.1 Å². The number of para-hydroxylation sites is 1. The zero-order valence-corrected chi connectivity index (χ0v) is 17.3. The highest BCUT2D eigenvalue weighted by atomic mass is 16.5. The summed E-state index contributed by atoms with van der Waals surface area (Å²) in [6.07, 6.45) is 1.58. The van der Waals surface area contributed by atoms with Crippen LogP contribution in [0.4, 0.5) is 0 Å². The van der Waals surface area contributed by atoms with E-state index in [2.05, 4.69) is 5.16 Å². The van der Waals surface area contributed by atoms with E-state index in [0.717, 1.165) is 11.3 Å². The molecule has 1 amide bonds. The molecule has 0 atom stereocenters. The molecule has 7 nitrogen and oxygen atoms in total. The van der Waals surface area contributed by atoms with Crippen molar-refractivity contribution in [3.8, 4) is 22.8 Å². The summed E-state index contributed by atoms with van der Waals surface area (Å²) in [5, 5.41) is 4.16. The predicted molar refractivity (Wildman–Crippen MR) is 114 cm³/mol. The fraction of sp³-hybridized carbons (Fsp3) is 0.167. The van der Waals surface area contributed by atoms with E-state index < -0.39 is 0 Å². The number of hydrogen-bond donors (Lipinski definition) is 0. The normalized spacial score (nSPS) is 10.6. The second kappa shape index (κ2) is 9.21. The fourth-order valence-electron chi connectivity index (χ4n) is 3.26. The third-order valence-electron chi connectivity index (χ3n) is 4.84. The Bertz CT molecular complexity index is 1130. The lowest BCUT2D eigenvalue weighted by molar-refractivity contribution is 0.0710. The van der Waals surface area contributed by atoms with Crippen LogP contribution in [0.2, 0.25) is 0 Å². The number of carbonyl (C=O) groups is 1. The van der Waals surface area contributed by atoms with Gasteiger partial charge in [0.25, 0.3) is 5.91 Å². The minimum absolute atomic E-state index is 0.192. The minimum atomic E-state index is -0.192. The van der Waals surface area contributed by atoms with E-state index in [1.54, 1.807) is 49.6 Å². The van der Waals surface area contributed by atoms with Crippen LogP contribution in [0, 0.1) is 0 Å². The zero-order valence-electron chi connectivity index (χ0n) is 17.3. The Balaban J connectivity index is 1.59. The van der Waals surface area contributed by atoms with Gasteiger partial charge in [0.15, 0.2) is 5.76 Å². The smallest absolute Gasteiger partial charge is 0.258 e. The first-order chi connectivity index (χ1) is 15.2. The molecule has 158 valence electrons. The number of methoxy groups -OCH3 is 2. The van der Waals surface area contributed by atoms with E-state index in [9.17, 15) is 4.79 Å². The Hall–Kier alpha value is -4.00. The average molecular weight is 418 g/mol. The first kappa shape index (κ1) is 20.3. The van der Waals surface area contributed by atoms with E-state index in [4.69, 9.17) is 18.4 Å². The zero-order chi connectivity index (χ0) is 21.6. The first-order valence-electron chi connectivity index (χ1n) is 9.72. The molecule has 0 bridgehead atoms. The van der Waals surface area contributed by atoms with Gasteiger partial charge < -0.3 is 23.3 Å². The molecule has 4 rings (SSSR count). The highest BCUT2D eigenvalue weighted by Gasteiger charge is 2.22. The number of nitrogens with zero attached hydrogens (tertiary/aromatic N) is 2. The van der Waals surface area contributed by atoms with Crippen molar-refractivity contribution in [1.82, 2.24) is 10.1 Å². The van der Waals surface area contributed by atoms with Crippen LogP contribution in [0.25, 0.3) is 11.3 Å². The van der Waals surface area contributed by atoms with Gasteiger partial charge in [0.1, 0.15) is 23.0 Å². The SMILES string of the molecule is COc1ccc(-c2cc(CN(Cc3ccco3)C(=O)c3ccccc3OC)no2)cc1. The van der Waals surface area contributed by atoms with Crippen molar-refractivity contribution in [1.29, 1.82) is 0 Å². The Labute approximate surface area is 179 Å². The van der Waals surface area contributed by atoms with Gasteiger partial charge in [-0.2, -0.15) is 0 Å². The molecule has 31 heavy (non-hydrogen) atoms. The van der Waals surface area contributed by atoms with Gasteiger partial charge in [-0.15, -0.1) is 0 Å². The number of hydrogen-bond acceptors (Lipinski definition) is 6. The van der Waals surface area contributed by atoms with Gasteiger partial charge in [0, 0.05) is 11.6 Å². The van der Waals surface area contributed by atoms with Crippen LogP contribution in [0.5, 0.6) is 11.5 Å². The lowest BCUT2D eigenvalue weighted by Crippen LogP contribution is -2.30.